The lowest BCUT2D eigenvalue weighted by Gasteiger charge is -2.06. The van der Waals surface area contributed by atoms with E-state index in [1.807, 2.05) is 0 Å². The minimum Gasteiger partial charge on any atom is -0.286 e. The summed E-state index contributed by atoms with van der Waals surface area (Å²) in [4.78, 5) is 27.9. The molecular formula is C11H12N4O2S. The van der Waals surface area contributed by atoms with Crippen LogP contribution in [0.4, 0.5) is 0 Å². The smallest absolute Gasteiger partial charge is 0.286 e. The highest BCUT2D eigenvalue weighted by molar-refractivity contribution is 7.71. The van der Waals surface area contributed by atoms with E-state index in [2.05, 4.69) is 11.6 Å². The Hall–Kier alpha value is -2.02. The summed E-state index contributed by atoms with van der Waals surface area (Å²) in [6, 6.07) is 0. The number of carbonyl (C=O) groups is 1. The van der Waals surface area contributed by atoms with Crippen LogP contribution < -0.4 is 5.69 Å². The van der Waals surface area contributed by atoms with Crippen molar-refractivity contribution in [1.29, 1.82) is 0 Å². The van der Waals surface area contributed by atoms with Gasteiger partial charge < -0.3 is 0 Å². The van der Waals surface area contributed by atoms with Crippen LogP contribution in [0.15, 0.2) is 23.3 Å². The second-order valence-electron chi connectivity index (χ2n) is 4.08. The fraction of sp³-hybridized carbons (Fsp3) is 0.273. The molecule has 0 saturated carbocycles. The topological polar surface area (TPSA) is 61.8 Å². The number of allylic oxidation sites excluding steroid dienone is 1. The lowest BCUT2D eigenvalue weighted by atomic mass is 10.3. The highest BCUT2D eigenvalue weighted by Crippen LogP contribution is 2.13. The second kappa shape index (κ2) is 4.02. The molecule has 0 bridgehead atoms. The molecule has 0 N–H and O–H groups in total. The van der Waals surface area contributed by atoms with Crippen molar-refractivity contribution >= 4 is 29.3 Å². The molecule has 0 aromatic carbocycles. The monoisotopic (exact) mass is 264 g/mol. The third-order valence-corrected chi connectivity index (χ3v) is 3.20. The van der Waals surface area contributed by atoms with Gasteiger partial charge in [-0.1, -0.05) is 18.8 Å². The standard InChI is InChI=1S/C11H12N4O2S/c1-6(2)9(16)15-5-12-8-7(15)10(18)14(4)11(17)13(8)3/h5H,1H2,2-4H3. The minimum atomic E-state index is -0.290. The van der Waals surface area contributed by atoms with Crippen molar-refractivity contribution in [2.45, 2.75) is 6.92 Å². The van der Waals surface area contributed by atoms with Crippen LogP contribution in [0.5, 0.6) is 0 Å². The van der Waals surface area contributed by atoms with Crippen molar-refractivity contribution in [3.05, 3.63) is 33.6 Å². The molecule has 0 aliphatic carbocycles. The average Bonchev–Trinajstić information content (AvgIpc) is 2.77. The average molecular weight is 264 g/mol. The zero-order chi connectivity index (χ0) is 13.6. The molecule has 94 valence electrons. The second-order valence-corrected chi connectivity index (χ2v) is 4.46. The van der Waals surface area contributed by atoms with Crippen molar-refractivity contribution in [3.63, 3.8) is 0 Å². The molecule has 2 aromatic rings. The number of imidazole rings is 1. The first-order chi connectivity index (χ1) is 8.36. The predicted molar refractivity (Wildman–Crippen MR) is 70.2 cm³/mol. The molecule has 0 unspecified atom stereocenters. The summed E-state index contributed by atoms with van der Waals surface area (Å²) in [7, 11) is 3.15. The number of hydrogen-bond acceptors (Lipinski definition) is 4. The van der Waals surface area contributed by atoms with E-state index in [4.69, 9.17) is 12.2 Å². The highest BCUT2D eigenvalue weighted by Gasteiger charge is 2.16. The van der Waals surface area contributed by atoms with Gasteiger partial charge >= 0.3 is 5.69 Å². The van der Waals surface area contributed by atoms with Crippen LogP contribution in [-0.2, 0) is 14.1 Å². The molecule has 0 fully saturated rings. The number of aromatic nitrogens is 4. The summed E-state index contributed by atoms with van der Waals surface area (Å²) in [5.41, 5.74) is 0.932. The van der Waals surface area contributed by atoms with Gasteiger partial charge in [0.2, 0.25) is 0 Å². The molecule has 0 saturated heterocycles. The van der Waals surface area contributed by atoms with E-state index in [-0.39, 0.29) is 16.2 Å². The lowest BCUT2D eigenvalue weighted by Crippen LogP contribution is -2.28. The third-order valence-electron chi connectivity index (χ3n) is 2.73. The van der Waals surface area contributed by atoms with Crippen molar-refractivity contribution in [1.82, 2.24) is 18.7 Å². The lowest BCUT2D eigenvalue weighted by molar-refractivity contribution is 0.0960. The summed E-state index contributed by atoms with van der Waals surface area (Å²) >= 11 is 5.20. The number of fused-ring (bicyclic) bond motifs is 1. The Labute approximate surface area is 108 Å². The molecule has 6 nitrogen and oxygen atoms in total. The van der Waals surface area contributed by atoms with Crippen molar-refractivity contribution < 1.29 is 4.79 Å². The quantitative estimate of drug-likeness (QED) is 0.570. The summed E-state index contributed by atoms with van der Waals surface area (Å²) in [6.45, 7) is 5.21. The van der Waals surface area contributed by atoms with Gasteiger partial charge in [-0.05, 0) is 6.92 Å². The van der Waals surface area contributed by atoms with Crippen molar-refractivity contribution in [2.75, 3.05) is 0 Å². The van der Waals surface area contributed by atoms with Gasteiger partial charge in [0.1, 0.15) is 16.5 Å². The summed E-state index contributed by atoms with van der Waals surface area (Å²) in [6.07, 6.45) is 1.36. The molecule has 18 heavy (non-hydrogen) atoms. The number of carbonyl (C=O) groups excluding carboxylic acids is 1. The molecule has 2 rings (SSSR count). The first-order valence-corrected chi connectivity index (χ1v) is 5.60. The first-order valence-electron chi connectivity index (χ1n) is 5.19. The highest BCUT2D eigenvalue weighted by atomic mass is 32.1. The number of aryl methyl sites for hydroxylation is 1. The Kier molecular flexibility index (Phi) is 2.78. The Morgan fingerprint density at radius 3 is 2.56 bits per heavy atom. The Balaban J connectivity index is 2.99. The molecule has 0 aliphatic rings. The maximum Gasteiger partial charge on any atom is 0.330 e. The Bertz CT molecular complexity index is 794. The van der Waals surface area contributed by atoms with Crippen molar-refractivity contribution in [3.8, 4) is 0 Å². The van der Waals surface area contributed by atoms with E-state index in [0.29, 0.717) is 16.7 Å². The van der Waals surface area contributed by atoms with Crippen molar-refractivity contribution in [2.24, 2.45) is 14.1 Å². The van der Waals surface area contributed by atoms with E-state index in [1.54, 1.807) is 21.0 Å². The largest absolute Gasteiger partial charge is 0.330 e. The molecular weight excluding hydrogens is 252 g/mol. The Morgan fingerprint density at radius 2 is 2.00 bits per heavy atom. The minimum absolute atomic E-state index is 0.277. The molecule has 0 atom stereocenters. The summed E-state index contributed by atoms with van der Waals surface area (Å²) < 4.78 is 4.26. The van der Waals surface area contributed by atoms with Gasteiger partial charge in [-0.25, -0.2) is 9.78 Å². The number of hydrogen-bond donors (Lipinski definition) is 0. The fourth-order valence-corrected chi connectivity index (χ4v) is 1.97. The van der Waals surface area contributed by atoms with Crippen LogP contribution in [0.1, 0.15) is 11.7 Å². The third kappa shape index (κ3) is 1.55. The van der Waals surface area contributed by atoms with Gasteiger partial charge in [0, 0.05) is 19.7 Å². The van der Waals surface area contributed by atoms with E-state index < -0.39 is 0 Å². The van der Waals surface area contributed by atoms with Gasteiger partial charge in [0.05, 0.1) is 0 Å². The van der Waals surface area contributed by atoms with Crippen LogP contribution >= 0.6 is 12.2 Å². The van der Waals surface area contributed by atoms with E-state index in [9.17, 15) is 9.59 Å². The predicted octanol–water partition coefficient (Wildman–Crippen LogP) is 1.02. The van der Waals surface area contributed by atoms with Crippen LogP contribution in [0, 0.1) is 4.64 Å². The van der Waals surface area contributed by atoms with Crippen LogP contribution in [0.2, 0.25) is 0 Å². The SMILES string of the molecule is C=C(C)C(=O)n1cnc2c1c(=S)n(C)c(=O)n2C. The van der Waals surface area contributed by atoms with Gasteiger partial charge in [-0.15, -0.1) is 0 Å². The fourth-order valence-electron chi connectivity index (χ4n) is 1.70. The molecule has 7 heteroatoms. The van der Waals surface area contributed by atoms with E-state index >= 15 is 0 Å². The van der Waals surface area contributed by atoms with Gasteiger partial charge in [0.15, 0.2) is 5.65 Å². The zero-order valence-electron chi connectivity index (χ0n) is 10.3. The first kappa shape index (κ1) is 12.4. The summed E-state index contributed by atoms with van der Waals surface area (Å²) in [5.74, 6) is -0.290. The number of nitrogens with zero attached hydrogens (tertiary/aromatic N) is 4. The van der Waals surface area contributed by atoms with Gasteiger partial charge in [-0.3, -0.25) is 18.5 Å². The maximum atomic E-state index is 12.0. The molecule has 2 heterocycles. The van der Waals surface area contributed by atoms with Crippen LogP contribution in [0.3, 0.4) is 0 Å². The molecule has 0 spiro atoms. The van der Waals surface area contributed by atoms with Gasteiger partial charge in [0.25, 0.3) is 5.91 Å². The maximum absolute atomic E-state index is 12.0. The molecule has 0 amide bonds. The van der Waals surface area contributed by atoms with E-state index in [0.717, 1.165) is 0 Å². The molecule has 0 aliphatic heterocycles. The Morgan fingerprint density at radius 1 is 1.39 bits per heavy atom. The number of rotatable bonds is 1. The van der Waals surface area contributed by atoms with E-state index in [1.165, 1.54) is 20.0 Å². The molecule has 2 aromatic heterocycles. The summed E-state index contributed by atoms with van der Waals surface area (Å²) in [5, 5.41) is 0. The normalized spacial score (nSPS) is 10.8. The molecule has 0 radical (unpaired) electrons. The van der Waals surface area contributed by atoms with Crippen LogP contribution in [-0.4, -0.2) is 24.6 Å². The zero-order valence-corrected chi connectivity index (χ0v) is 11.1. The van der Waals surface area contributed by atoms with Crippen LogP contribution in [0.25, 0.3) is 11.2 Å². The van der Waals surface area contributed by atoms with Gasteiger partial charge in [-0.2, -0.15) is 0 Å².